The van der Waals surface area contributed by atoms with E-state index < -0.39 is 5.60 Å². The first-order valence-corrected chi connectivity index (χ1v) is 15.6. The third-order valence-corrected chi connectivity index (χ3v) is 9.11. The van der Waals surface area contributed by atoms with Crippen molar-refractivity contribution in [2.24, 2.45) is 0 Å². The summed E-state index contributed by atoms with van der Waals surface area (Å²) in [7, 11) is 0. The molecule has 0 saturated carbocycles. The highest BCUT2D eigenvalue weighted by molar-refractivity contribution is 7.17. The van der Waals surface area contributed by atoms with Gasteiger partial charge >= 0.3 is 6.09 Å². The van der Waals surface area contributed by atoms with Crippen LogP contribution in [-0.4, -0.2) is 67.9 Å². The van der Waals surface area contributed by atoms with E-state index >= 15 is 0 Å². The second kappa shape index (κ2) is 14.3. The summed E-state index contributed by atoms with van der Waals surface area (Å²) in [5.41, 5.74) is 2.22. The highest BCUT2D eigenvalue weighted by Crippen LogP contribution is 2.33. The van der Waals surface area contributed by atoms with Gasteiger partial charge in [0, 0.05) is 82.9 Å². The Balaban J connectivity index is 0.000000227. The number of anilines is 2. The number of nitrogens with zero attached hydrogens (tertiary/aromatic N) is 3. The summed E-state index contributed by atoms with van der Waals surface area (Å²) in [4.78, 5) is 19.0. The maximum absolute atomic E-state index is 12.3. The first kappa shape index (κ1) is 33.3. The molecule has 4 heterocycles. The summed E-state index contributed by atoms with van der Waals surface area (Å²) in [6.07, 6.45) is -0.210. The molecule has 224 valence electrons. The smallest absolute Gasteiger partial charge is 0.410 e. The Morgan fingerprint density at radius 3 is 1.90 bits per heavy atom. The normalized spacial score (nSPS) is 19.2. The van der Waals surface area contributed by atoms with Crippen LogP contribution in [0.3, 0.4) is 0 Å². The van der Waals surface area contributed by atoms with Crippen LogP contribution in [0.1, 0.15) is 34.6 Å². The molecule has 0 radical (unpaired) electrons. The molecule has 41 heavy (non-hydrogen) atoms. The Morgan fingerprint density at radius 2 is 1.39 bits per heavy atom. The highest BCUT2D eigenvalue weighted by Gasteiger charge is 2.30. The molecule has 4 aromatic rings. The van der Waals surface area contributed by atoms with Crippen LogP contribution in [0.4, 0.5) is 16.2 Å². The molecule has 2 atom stereocenters. The number of piperazine rings is 2. The number of hydrogen-bond acceptors (Lipinski definition) is 7. The fourth-order valence-corrected chi connectivity index (χ4v) is 7.08. The SMILES string of the molecule is CC1CN(C(=O)OC(C)(C)C)CCN1c1cccc2sccc12.CC1CNCCN1c1cccc2sccc12.Cl.Cl. The molecular formula is C31H42Cl2N4O2S2. The lowest BCUT2D eigenvalue weighted by Gasteiger charge is -2.41. The summed E-state index contributed by atoms with van der Waals surface area (Å²) in [5, 5.41) is 10.5. The summed E-state index contributed by atoms with van der Waals surface area (Å²) in [6, 6.07) is 18.3. The van der Waals surface area contributed by atoms with Crippen LogP contribution in [0.5, 0.6) is 0 Å². The maximum Gasteiger partial charge on any atom is 0.410 e. The van der Waals surface area contributed by atoms with E-state index in [0.717, 1.165) is 26.2 Å². The molecule has 6 rings (SSSR count). The van der Waals surface area contributed by atoms with E-state index in [1.165, 1.54) is 31.5 Å². The lowest BCUT2D eigenvalue weighted by Crippen LogP contribution is -2.54. The molecule has 2 aromatic carbocycles. The number of benzene rings is 2. The molecule has 2 saturated heterocycles. The first-order valence-electron chi connectivity index (χ1n) is 13.9. The topological polar surface area (TPSA) is 48.1 Å². The molecule has 2 aliphatic rings. The van der Waals surface area contributed by atoms with Crippen molar-refractivity contribution in [2.75, 3.05) is 49.1 Å². The molecule has 0 bridgehead atoms. The lowest BCUT2D eigenvalue weighted by atomic mass is 10.1. The lowest BCUT2D eigenvalue weighted by molar-refractivity contribution is 0.0219. The minimum Gasteiger partial charge on any atom is -0.444 e. The second-order valence-electron chi connectivity index (χ2n) is 11.4. The molecule has 0 spiro atoms. The Kier molecular flexibility index (Phi) is 11.6. The zero-order chi connectivity index (χ0) is 27.6. The molecule has 2 aliphatic heterocycles. The van der Waals surface area contributed by atoms with Crippen molar-refractivity contribution in [3.8, 4) is 0 Å². The Labute approximate surface area is 264 Å². The number of hydrogen-bond donors (Lipinski definition) is 1. The predicted molar refractivity (Wildman–Crippen MR) is 182 cm³/mol. The van der Waals surface area contributed by atoms with Gasteiger partial charge in [0.2, 0.25) is 0 Å². The van der Waals surface area contributed by atoms with Gasteiger partial charge in [0.25, 0.3) is 0 Å². The number of fused-ring (bicyclic) bond motifs is 2. The largest absolute Gasteiger partial charge is 0.444 e. The molecule has 0 aliphatic carbocycles. The molecule has 1 N–H and O–H groups in total. The number of carbonyl (C=O) groups excluding carboxylic acids is 1. The Hall–Kier alpha value is -2.23. The standard InChI is InChI=1S/C18H24N2O2S.C13H16N2S.2ClH/c1-13-12-19(17(21)22-18(2,3)4)9-10-20(13)15-6-5-7-16-14(15)8-11-23-16;1-10-9-14-6-7-15(10)12-3-2-4-13-11(12)5-8-16-13;;/h5-8,11,13H,9-10,12H2,1-4H3;2-5,8,10,14H,6-7,9H2,1H3;2*1H. The van der Waals surface area contributed by atoms with Crippen molar-refractivity contribution in [1.29, 1.82) is 0 Å². The quantitative estimate of drug-likeness (QED) is 0.242. The predicted octanol–water partition coefficient (Wildman–Crippen LogP) is 7.89. The van der Waals surface area contributed by atoms with Gasteiger partial charge in [-0.05, 0) is 81.8 Å². The Bertz CT molecular complexity index is 1420. The van der Waals surface area contributed by atoms with E-state index in [-0.39, 0.29) is 36.9 Å². The number of carbonyl (C=O) groups is 1. The van der Waals surface area contributed by atoms with Gasteiger partial charge < -0.3 is 24.8 Å². The van der Waals surface area contributed by atoms with E-state index in [1.807, 2.05) is 37.0 Å². The van der Waals surface area contributed by atoms with Gasteiger partial charge in [-0.2, -0.15) is 0 Å². The summed E-state index contributed by atoms with van der Waals surface area (Å²) in [6.45, 7) is 15.7. The molecular weight excluding hydrogens is 595 g/mol. The first-order chi connectivity index (χ1) is 18.7. The number of thiophene rings is 2. The maximum atomic E-state index is 12.3. The van der Waals surface area contributed by atoms with Gasteiger partial charge in [-0.1, -0.05) is 12.1 Å². The average Bonchev–Trinajstić information content (AvgIpc) is 3.58. The fraction of sp³-hybridized carbons (Fsp3) is 0.452. The van der Waals surface area contributed by atoms with Crippen LogP contribution in [-0.2, 0) is 4.74 Å². The summed E-state index contributed by atoms with van der Waals surface area (Å²) < 4.78 is 8.20. The van der Waals surface area contributed by atoms with Gasteiger partial charge in [-0.3, -0.25) is 0 Å². The Morgan fingerprint density at radius 1 is 0.829 bits per heavy atom. The van der Waals surface area contributed by atoms with Crippen molar-refractivity contribution in [2.45, 2.75) is 52.3 Å². The van der Waals surface area contributed by atoms with E-state index in [9.17, 15) is 4.79 Å². The van der Waals surface area contributed by atoms with Crippen molar-refractivity contribution in [3.63, 3.8) is 0 Å². The molecule has 1 amide bonds. The van der Waals surface area contributed by atoms with Crippen LogP contribution in [0.15, 0.2) is 59.3 Å². The van der Waals surface area contributed by atoms with Crippen LogP contribution in [0.25, 0.3) is 20.2 Å². The summed E-state index contributed by atoms with van der Waals surface area (Å²) in [5.74, 6) is 0. The van der Waals surface area contributed by atoms with Crippen LogP contribution < -0.4 is 15.1 Å². The van der Waals surface area contributed by atoms with Gasteiger partial charge in [-0.25, -0.2) is 4.79 Å². The van der Waals surface area contributed by atoms with Crippen molar-refractivity contribution >= 4 is 85.1 Å². The fourth-order valence-electron chi connectivity index (χ4n) is 5.46. The third-order valence-electron chi connectivity index (χ3n) is 7.34. The zero-order valence-corrected chi connectivity index (χ0v) is 27.7. The zero-order valence-electron chi connectivity index (χ0n) is 24.5. The highest BCUT2D eigenvalue weighted by atomic mass is 35.5. The number of rotatable bonds is 2. The number of ether oxygens (including phenoxy) is 1. The van der Waals surface area contributed by atoms with Crippen molar-refractivity contribution < 1.29 is 9.53 Å². The molecule has 2 fully saturated rings. The number of nitrogens with one attached hydrogen (secondary N) is 1. The van der Waals surface area contributed by atoms with Crippen LogP contribution >= 0.6 is 47.5 Å². The number of halogens is 2. The monoisotopic (exact) mass is 636 g/mol. The summed E-state index contributed by atoms with van der Waals surface area (Å²) >= 11 is 3.59. The molecule has 6 nitrogen and oxygen atoms in total. The third kappa shape index (κ3) is 7.79. The second-order valence-corrected chi connectivity index (χ2v) is 13.3. The molecule has 2 unspecified atom stereocenters. The van der Waals surface area contributed by atoms with Crippen molar-refractivity contribution in [1.82, 2.24) is 10.2 Å². The van der Waals surface area contributed by atoms with Gasteiger partial charge in [0.1, 0.15) is 5.60 Å². The van der Waals surface area contributed by atoms with E-state index in [4.69, 9.17) is 4.74 Å². The molecule has 2 aromatic heterocycles. The van der Waals surface area contributed by atoms with Crippen molar-refractivity contribution in [3.05, 3.63) is 59.3 Å². The minimum atomic E-state index is -0.445. The van der Waals surface area contributed by atoms with E-state index in [1.54, 1.807) is 11.3 Å². The van der Waals surface area contributed by atoms with Gasteiger partial charge in [0.05, 0.1) is 0 Å². The van der Waals surface area contributed by atoms with E-state index in [0.29, 0.717) is 19.1 Å². The van der Waals surface area contributed by atoms with Gasteiger partial charge in [-0.15, -0.1) is 47.5 Å². The molecule has 10 heteroatoms. The average molecular weight is 638 g/mol. The minimum absolute atomic E-state index is 0. The van der Waals surface area contributed by atoms with Crippen LogP contribution in [0, 0.1) is 0 Å². The number of amides is 1. The van der Waals surface area contributed by atoms with E-state index in [2.05, 4.69) is 88.3 Å². The van der Waals surface area contributed by atoms with Crippen LogP contribution in [0.2, 0.25) is 0 Å². The van der Waals surface area contributed by atoms with Gasteiger partial charge in [0.15, 0.2) is 0 Å².